The molecule has 0 spiro atoms. The van der Waals surface area contributed by atoms with E-state index < -0.39 is 17.8 Å². The Bertz CT molecular complexity index is 1260. The van der Waals surface area contributed by atoms with E-state index in [4.69, 9.17) is 9.15 Å². The summed E-state index contributed by atoms with van der Waals surface area (Å²) in [6, 6.07) is 14.2. The van der Waals surface area contributed by atoms with Crippen LogP contribution < -0.4 is 5.76 Å². The molecule has 0 aliphatic rings. The van der Waals surface area contributed by atoms with Crippen molar-refractivity contribution in [3.05, 3.63) is 70.3 Å². The molecular weight excluding hydrogens is 360 g/mol. The molecule has 4 aromatic rings. The molecule has 4 rings (SSSR count). The number of carbonyl (C=O) groups is 2. The summed E-state index contributed by atoms with van der Waals surface area (Å²) >= 11 is 0. The van der Waals surface area contributed by atoms with Gasteiger partial charge in [0.15, 0.2) is 11.7 Å². The highest BCUT2D eigenvalue weighted by Crippen LogP contribution is 2.24. The Hall–Kier alpha value is -3.61. The molecule has 1 unspecified atom stereocenters. The molecule has 7 heteroatoms. The first-order valence-corrected chi connectivity index (χ1v) is 8.85. The maximum Gasteiger partial charge on any atom is 0.420 e. The molecule has 2 aromatic heterocycles. The summed E-state index contributed by atoms with van der Waals surface area (Å²) in [5.74, 6) is -1.63. The minimum absolute atomic E-state index is 0.298. The van der Waals surface area contributed by atoms with Crippen molar-refractivity contribution in [3.8, 4) is 0 Å². The van der Waals surface area contributed by atoms with Gasteiger partial charge in [-0.15, -0.1) is 0 Å². The monoisotopic (exact) mass is 378 g/mol. The number of para-hydroxylation sites is 3. The smallest absolute Gasteiger partial charge is 0.420 e. The fourth-order valence-corrected chi connectivity index (χ4v) is 3.38. The Balaban J connectivity index is 1.54. The van der Waals surface area contributed by atoms with E-state index in [1.54, 1.807) is 31.2 Å². The Labute approximate surface area is 159 Å². The maximum atomic E-state index is 12.9. The minimum atomic E-state index is -0.987. The van der Waals surface area contributed by atoms with Crippen LogP contribution in [-0.4, -0.2) is 27.4 Å². The molecule has 7 nitrogen and oxygen atoms in total. The molecule has 28 heavy (non-hydrogen) atoms. The molecule has 0 aliphatic carbocycles. The third-order valence-corrected chi connectivity index (χ3v) is 4.68. The topological polar surface area (TPSA) is 94.3 Å². The van der Waals surface area contributed by atoms with Crippen molar-refractivity contribution in [3.63, 3.8) is 0 Å². The van der Waals surface area contributed by atoms with Crippen LogP contribution in [0.3, 0.4) is 0 Å². The Morgan fingerprint density at radius 1 is 1.14 bits per heavy atom. The molecule has 2 heterocycles. The number of rotatable bonds is 5. The number of benzene rings is 2. The highest BCUT2D eigenvalue weighted by Gasteiger charge is 2.25. The number of aryl methyl sites for hydroxylation is 1. The van der Waals surface area contributed by atoms with Crippen molar-refractivity contribution in [1.82, 2.24) is 9.55 Å². The molecule has 0 fully saturated rings. The second kappa shape index (κ2) is 6.84. The number of oxazole rings is 1. The number of nitrogens with zero attached hydrogens (tertiary/aromatic N) is 1. The van der Waals surface area contributed by atoms with E-state index in [9.17, 15) is 14.4 Å². The van der Waals surface area contributed by atoms with Gasteiger partial charge in [0, 0.05) is 22.2 Å². The quantitative estimate of drug-likeness (QED) is 0.425. The van der Waals surface area contributed by atoms with Gasteiger partial charge in [-0.2, -0.15) is 0 Å². The third-order valence-electron chi connectivity index (χ3n) is 4.68. The molecule has 2 aromatic carbocycles. The molecule has 0 radical (unpaired) electrons. The summed E-state index contributed by atoms with van der Waals surface area (Å²) in [6.45, 7) is 3.00. The van der Waals surface area contributed by atoms with E-state index in [-0.39, 0.29) is 12.3 Å². The van der Waals surface area contributed by atoms with Gasteiger partial charge in [-0.05, 0) is 32.0 Å². The van der Waals surface area contributed by atoms with Gasteiger partial charge in [0.2, 0.25) is 5.78 Å². The van der Waals surface area contributed by atoms with Crippen molar-refractivity contribution >= 4 is 33.8 Å². The van der Waals surface area contributed by atoms with Gasteiger partial charge in [-0.25, -0.2) is 4.79 Å². The van der Waals surface area contributed by atoms with Crippen LogP contribution in [0.25, 0.3) is 22.0 Å². The van der Waals surface area contributed by atoms with Gasteiger partial charge in [-0.3, -0.25) is 14.2 Å². The molecular formula is C21H18N2O5. The number of aromatic amines is 1. The summed E-state index contributed by atoms with van der Waals surface area (Å²) in [4.78, 5) is 40.4. The lowest BCUT2D eigenvalue weighted by Crippen LogP contribution is -2.29. The van der Waals surface area contributed by atoms with Crippen molar-refractivity contribution in [2.45, 2.75) is 26.5 Å². The van der Waals surface area contributed by atoms with E-state index in [0.717, 1.165) is 10.9 Å². The number of nitrogens with one attached hydrogen (secondary N) is 1. The molecule has 0 saturated heterocycles. The minimum Gasteiger partial charge on any atom is -0.453 e. The van der Waals surface area contributed by atoms with Gasteiger partial charge in [0.1, 0.15) is 6.54 Å². The molecule has 0 aliphatic heterocycles. The average Bonchev–Trinajstić information content (AvgIpc) is 3.17. The maximum absolute atomic E-state index is 12.9. The number of esters is 1. The van der Waals surface area contributed by atoms with E-state index in [1.807, 2.05) is 24.3 Å². The summed E-state index contributed by atoms with van der Waals surface area (Å²) in [5, 5.41) is 0.782. The van der Waals surface area contributed by atoms with Gasteiger partial charge < -0.3 is 14.1 Å². The number of ketones is 1. The lowest BCUT2D eigenvalue weighted by atomic mass is 10.0. The predicted molar refractivity (Wildman–Crippen MR) is 103 cm³/mol. The van der Waals surface area contributed by atoms with E-state index in [2.05, 4.69) is 4.98 Å². The number of H-pyrrole nitrogens is 1. The Morgan fingerprint density at radius 3 is 2.68 bits per heavy atom. The SMILES string of the molecule is Cc1[nH]c2ccccc2c1C(=O)C(C)OC(=O)Cn1c(=O)oc2ccccc21. The number of fused-ring (bicyclic) bond motifs is 2. The van der Waals surface area contributed by atoms with Crippen LogP contribution in [0.4, 0.5) is 0 Å². The second-order valence-electron chi connectivity index (χ2n) is 6.59. The van der Waals surface area contributed by atoms with Gasteiger partial charge >= 0.3 is 11.7 Å². The normalized spacial score (nSPS) is 12.4. The van der Waals surface area contributed by atoms with Crippen LogP contribution in [0.5, 0.6) is 0 Å². The van der Waals surface area contributed by atoms with Gasteiger partial charge in [-0.1, -0.05) is 30.3 Å². The van der Waals surface area contributed by atoms with Gasteiger partial charge in [0.05, 0.1) is 5.52 Å². The highest BCUT2D eigenvalue weighted by atomic mass is 16.5. The first-order chi connectivity index (χ1) is 13.5. The zero-order chi connectivity index (χ0) is 19.8. The highest BCUT2D eigenvalue weighted by molar-refractivity contribution is 6.11. The Kier molecular flexibility index (Phi) is 4.35. The van der Waals surface area contributed by atoms with E-state index >= 15 is 0 Å². The van der Waals surface area contributed by atoms with Crippen LogP contribution >= 0.6 is 0 Å². The number of Topliss-reactive ketones (excluding diaryl/α,β-unsaturated/α-hetero) is 1. The van der Waals surface area contributed by atoms with Crippen LogP contribution in [0.2, 0.25) is 0 Å². The predicted octanol–water partition coefficient (Wildman–Crippen LogP) is 3.20. The first-order valence-electron chi connectivity index (χ1n) is 8.85. The summed E-state index contributed by atoms with van der Waals surface area (Å²) < 4.78 is 11.6. The summed E-state index contributed by atoms with van der Waals surface area (Å²) in [6.07, 6.45) is -0.987. The average molecular weight is 378 g/mol. The van der Waals surface area contributed by atoms with Crippen molar-refractivity contribution in [2.75, 3.05) is 0 Å². The third kappa shape index (κ3) is 3.00. The molecule has 0 amide bonds. The number of carbonyl (C=O) groups excluding carboxylic acids is 2. The number of ether oxygens (including phenoxy) is 1. The first kappa shape index (κ1) is 17.8. The van der Waals surface area contributed by atoms with Crippen LogP contribution in [0, 0.1) is 6.92 Å². The van der Waals surface area contributed by atoms with Crippen LogP contribution in [-0.2, 0) is 16.1 Å². The van der Waals surface area contributed by atoms with Crippen molar-refractivity contribution < 1.29 is 18.7 Å². The Morgan fingerprint density at radius 2 is 1.86 bits per heavy atom. The summed E-state index contributed by atoms with van der Waals surface area (Å²) in [5.41, 5.74) is 2.95. The molecule has 1 atom stereocenters. The molecule has 0 saturated carbocycles. The standard InChI is InChI=1S/C21H18N2O5/c1-12-19(14-7-3-4-8-15(14)22-12)20(25)13(2)27-18(24)11-23-16-9-5-6-10-17(16)28-21(23)26/h3-10,13,22H,11H2,1-2H3. The fraction of sp³-hybridized carbons (Fsp3) is 0.190. The van der Waals surface area contributed by atoms with E-state index in [1.165, 1.54) is 11.5 Å². The van der Waals surface area contributed by atoms with E-state index in [0.29, 0.717) is 22.4 Å². The fourth-order valence-electron chi connectivity index (χ4n) is 3.38. The van der Waals surface area contributed by atoms with Crippen molar-refractivity contribution in [2.24, 2.45) is 0 Å². The van der Waals surface area contributed by atoms with Gasteiger partial charge in [0.25, 0.3) is 0 Å². The molecule has 1 N–H and O–H groups in total. The van der Waals surface area contributed by atoms with Crippen LogP contribution in [0.15, 0.2) is 57.7 Å². The number of aromatic nitrogens is 2. The number of hydrogen-bond acceptors (Lipinski definition) is 5. The van der Waals surface area contributed by atoms with Crippen molar-refractivity contribution in [1.29, 1.82) is 0 Å². The lowest BCUT2D eigenvalue weighted by Gasteiger charge is -2.13. The number of hydrogen-bond donors (Lipinski definition) is 1. The largest absolute Gasteiger partial charge is 0.453 e. The summed E-state index contributed by atoms with van der Waals surface area (Å²) in [7, 11) is 0. The van der Waals surface area contributed by atoms with Crippen LogP contribution in [0.1, 0.15) is 23.0 Å². The molecule has 0 bridgehead atoms. The zero-order valence-corrected chi connectivity index (χ0v) is 15.4. The lowest BCUT2D eigenvalue weighted by molar-refractivity contribution is -0.147. The second-order valence-corrected chi connectivity index (χ2v) is 6.59. The zero-order valence-electron chi connectivity index (χ0n) is 15.4. The molecule has 142 valence electrons.